The molecule has 0 aliphatic heterocycles. The molecule has 0 unspecified atom stereocenters. The Balaban J connectivity index is 1.68. The summed E-state index contributed by atoms with van der Waals surface area (Å²) < 4.78 is 1.83. The highest BCUT2D eigenvalue weighted by Crippen LogP contribution is 2.17. The lowest BCUT2D eigenvalue weighted by Gasteiger charge is -2.18. The van der Waals surface area contributed by atoms with E-state index in [1.54, 1.807) is 18.1 Å². The van der Waals surface area contributed by atoms with Crippen molar-refractivity contribution in [3.63, 3.8) is 0 Å². The number of hydrogen-bond acceptors (Lipinski definition) is 2. The molecule has 0 saturated carbocycles. The Kier molecular flexibility index (Phi) is 5.05. The molecule has 2 amide bonds. The predicted molar refractivity (Wildman–Crippen MR) is 100 cm³/mol. The fourth-order valence-corrected chi connectivity index (χ4v) is 2.64. The highest BCUT2D eigenvalue weighted by atomic mass is 35.5. The van der Waals surface area contributed by atoms with E-state index in [0.717, 1.165) is 22.6 Å². The van der Waals surface area contributed by atoms with Gasteiger partial charge in [0.1, 0.15) is 0 Å². The van der Waals surface area contributed by atoms with Gasteiger partial charge >= 0.3 is 6.03 Å². The van der Waals surface area contributed by atoms with Crippen molar-refractivity contribution in [3.05, 3.63) is 77.1 Å². The van der Waals surface area contributed by atoms with Crippen molar-refractivity contribution in [2.45, 2.75) is 13.5 Å². The molecule has 1 aromatic heterocycles. The Morgan fingerprint density at radius 1 is 1.20 bits per heavy atom. The van der Waals surface area contributed by atoms with Gasteiger partial charge < -0.3 is 10.2 Å². The van der Waals surface area contributed by atoms with Crippen LogP contribution in [0.4, 0.5) is 10.5 Å². The van der Waals surface area contributed by atoms with Crippen LogP contribution in [-0.4, -0.2) is 27.8 Å². The van der Waals surface area contributed by atoms with Gasteiger partial charge in [-0.05, 0) is 48.9 Å². The second-order valence-corrected chi connectivity index (χ2v) is 6.28. The molecule has 3 aromatic rings. The van der Waals surface area contributed by atoms with Crippen LogP contribution in [0.25, 0.3) is 5.69 Å². The quantitative estimate of drug-likeness (QED) is 0.750. The number of carbonyl (C=O) groups is 1. The number of carbonyl (C=O) groups excluding carboxylic acids is 1. The molecule has 5 nitrogen and oxygen atoms in total. The number of nitrogens with zero attached hydrogens (tertiary/aromatic N) is 3. The van der Waals surface area contributed by atoms with Crippen molar-refractivity contribution in [1.29, 1.82) is 0 Å². The molecule has 0 aliphatic rings. The van der Waals surface area contributed by atoms with Crippen LogP contribution in [-0.2, 0) is 6.54 Å². The second kappa shape index (κ2) is 7.40. The van der Waals surface area contributed by atoms with Crippen molar-refractivity contribution >= 4 is 23.3 Å². The minimum Gasteiger partial charge on any atom is -0.323 e. The number of amides is 2. The SMILES string of the molecule is Cc1ccnn1-c1cccc(NC(=O)N(C)Cc2ccc(Cl)cc2)c1. The summed E-state index contributed by atoms with van der Waals surface area (Å²) in [4.78, 5) is 14.0. The summed E-state index contributed by atoms with van der Waals surface area (Å²) in [6.07, 6.45) is 1.75. The van der Waals surface area contributed by atoms with Crippen molar-refractivity contribution in [3.8, 4) is 5.69 Å². The molecule has 0 saturated heterocycles. The Hall–Kier alpha value is -2.79. The van der Waals surface area contributed by atoms with Crippen LogP contribution in [0.3, 0.4) is 0 Å². The summed E-state index contributed by atoms with van der Waals surface area (Å²) in [6, 6.07) is 16.8. The second-order valence-electron chi connectivity index (χ2n) is 5.85. The Morgan fingerprint density at radius 2 is 1.96 bits per heavy atom. The van der Waals surface area contributed by atoms with E-state index in [2.05, 4.69) is 10.4 Å². The van der Waals surface area contributed by atoms with Crippen LogP contribution < -0.4 is 5.32 Å². The summed E-state index contributed by atoms with van der Waals surface area (Å²) in [5, 5.41) is 7.88. The number of aromatic nitrogens is 2. The standard InChI is InChI=1S/C19H19ClN4O/c1-14-10-11-21-24(14)18-5-3-4-17(12-18)22-19(25)23(2)13-15-6-8-16(20)9-7-15/h3-12H,13H2,1-2H3,(H,22,25). The zero-order chi connectivity index (χ0) is 17.8. The molecule has 0 radical (unpaired) electrons. The fourth-order valence-electron chi connectivity index (χ4n) is 2.51. The maximum atomic E-state index is 12.4. The highest BCUT2D eigenvalue weighted by Gasteiger charge is 2.10. The van der Waals surface area contributed by atoms with Gasteiger partial charge in [0, 0.05) is 36.2 Å². The van der Waals surface area contributed by atoms with Gasteiger partial charge in [-0.25, -0.2) is 9.48 Å². The van der Waals surface area contributed by atoms with Crippen molar-refractivity contribution in [1.82, 2.24) is 14.7 Å². The van der Waals surface area contributed by atoms with Crippen molar-refractivity contribution < 1.29 is 4.79 Å². The lowest BCUT2D eigenvalue weighted by atomic mass is 10.2. The Morgan fingerprint density at radius 3 is 2.64 bits per heavy atom. The summed E-state index contributed by atoms with van der Waals surface area (Å²) in [7, 11) is 1.76. The molecule has 0 atom stereocenters. The van der Waals surface area contributed by atoms with Gasteiger partial charge in [0.05, 0.1) is 5.69 Å². The van der Waals surface area contributed by atoms with Crippen LogP contribution in [0.15, 0.2) is 60.8 Å². The summed E-state index contributed by atoms with van der Waals surface area (Å²) >= 11 is 5.89. The molecule has 1 N–H and O–H groups in total. The normalized spacial score (nSPS) is 10.5. The number of rotatable bonds is 4. The van der Waals surface area contributed by atoms with E-state index in [4.69, 9.17) is 11.6 Å². The third kappa shape index (κ3) is 4.19. The van der Waals surface area contributed by atoms with Gasteiger partial charge in [0.25, 0.3) is 0 Å². The number of nitrogens with one attached hydrogen (secondary N) is 1. The number of hydrogen-bond donors (Lipinski definition) is 1. The van der Waals surface area contributed by atoms with Crippen molar-refractivity contribution in [2.75, 3.05) is 12.4 Å². The van der Waals surface area contributed by atoms with Gasteiger partial charge in [-0.15, -0.1) is 0 Å². The smallest absolute Gasteiger partial charge is 0.321 e. The molecular weight excluding hydrogens is 336 g/mol. The first kappa shape index (κ1) is 17.0. The molecular formula is C19H19ClN4O. The molecule has 0 aliphatic carbocycles. The summed E-state index contributed by atoms with van der Waals surface area (Å²) in [5.41, 5.74) is 3.67. The minimum absolute atomic E-state index is 0.177. The van der Waals surface area contributed by atoms with Gasteiger partial charge in [0.15, 0.2) is 0 Å². The van der Waals surface area contributed by atoms with Crippen LogP contribution in [0, 0.1) is 6.92 Å². The monoisotopic (exact) mass is 354 g/mol. The van der Waals surface area contributed by atoms with Crippen LogP contribution >= 0.6 is 11.6 Å². The summed E-state index contributed by atoms with van der Waals surface area (Å²) in [5.74, 6) is 0. The first-order valence-corrected chi connectivity index (χ1v) is 8.28. The Labute approximate surface area is 151 Å². The van der Waals surface area contributed by atoms with Crippen LogP contribution in [0.1, 0.15) is 11.3 Å². The van der Waals surface area contributed by atoms with Gasteiger partial charge in [-0.3, -0.25) is 0 Å². The lowest BCUT2D eigenvalue weighted by molar-refractivity contribution is 0.220. The number of aryl methyl sites for hydroxylation is 1. The maximum Gasteiger partial charge on any atom is 0.321 e. The third-order valence-corrected chi connectivity index (χ3v) is 4.11. The largest absolute Gasteiger partial charge is 0.323 e. The van der Waals surface area contributed by atoms with Crippen LogP contribution in [0.5, 0.6) is 0 Å². The number of urea groups is 1. The number of halogens is 1. The van der Waals surface area contributed by atoms with Crippen LogP contribution in [0.2, 0.25) is 5.02 Å². The van der Waals surface area contributed by atoms with E-state index >= 15 is 0 Å². The molecule has 6 heteroatoms. The zero-order valence-corrected chi connectivity index (χ0v) is 14.9. The minimum atomic E-state index is -0.177. The molecule has 128 valence electrons. The average Bonchev–Trinajstić information content (AvgIpc) is 3.03. The van der Waals surface area contributed by atoms with Gasteiger partial charge in [-0.2, -0.15) is 5.10 Å². The topological polar surface area (TPSA) is 50.2 Å². The number of benzene rings is 2. The zero-order valence-electron chi connectivity index (χ0n) is 14.1. The summed E-state index contributed by atoms with van der Waals surface area (Å²) in [6.45, 7) is 2.49. The molecule has 0 fully saturated rings. The molecule has 3 rings (SSSR count). The predicted octanol–water partition coefficient (Wildman–Crippen LogP) is 4.50. The first-order valence-electron chi connectivity index (χ1n) is 7.90. The average molecular weight is 355 g/mol. The van der Waals surface area contributed by atoms with Crippen molar-refractivity contribution in [2.24, 2.45) is 0 Å². The fraction of sp³-hybridized carbons (Fsp3) is 0.158. The lowest BCUT2D eigenvalue weighted by Crippen LogP contribution is -2.30. The first-order chi connectivity index (χ1) is 12.0. The molecule has 25 heavy (non-hydrogen) atoms. The molecule has 0 spiro atoms. The van der Waals surface area contributed by atoms with E-state index in [1.807, 2.05) is 66.2 Å². The third-order valence-electron chi connectivity index (χ3n) is 3.85. The van der Waals surface area contributed by atoms with Gasteiger partial charge in [0.2, 0.25) is 0 Å². The maximum absolute atomic E-state index is 12.4. The molecule has 2 aromatic carbocycles. The van der Waals surface area contributed by atoms with E-state index in [0.29, 0.717) is 11.6 Å². The van der Waals surface area contributed by atoms with E-state index in [1.165, 1.54) is 0 Å². The molecule has 0 bridgehead atoms. The number of anilines is 1. The van der Waals surface area contributed by atoms with Gasteiger partial charge in [-0.1, -0.05) is 29.8 Å². The molecule has 1 heterocycles. The van der Waals surface area contributed by atoms with E-state index < -0.39 is 0 Å². The van der Waals surface area contributed by atoms with E-state index in [-0.39, 0.29) is 6.03 Å². The highest BCUT2D eigenvalue weighted by molar-refractivity contribution is 6.30. The van der Waals surface area contributed by atoms with E-state index in [9.17, 15) is 4.79 Å². The Bertz CT molecular complexity index is 873.